The van der Waals surface area contributed by atoms with E-state index in [1.165, 1.54) is 0 Å². The number of amides is 1. The fraction of sp³-hybridized carbons (Fsp3) is 0.381. The Kier molecular flexibility index (Phi) is 5.45. The fourth-order valence-electron chi connectivity index (χ4n) is 3.54. The predicted molar refractivity (Wildman–Crippen MR) is 110 cm³/mol. The zero-order valence-electron chi connectivity index (χ0n) is 17.5. The smallest absolute Gasteiger partial charge is 0.254 e. The summed E-state index contributed by atoms with van der Waals surface area (Å²) in [4.78, 5) is 34.3. The third-order valence-corrected chi connectivity index (χ3v) is 4.78. The number of benzene rings is 1. The highest BCUT2D eigenvalue weighted by atomic mass is 16.7. The number of rotatable bonds is 3. The molecule has 2 aromatic heterocycles. The van der Waals surface area contributed by atoms with Gasteiger partial charge >= 0.3 is 0 Å². The highest BCUT2D eigenvalue weighted by molar-refractivity contribution is 6.00. The Morgan fingerprint density at radius 2 is 1.90 bits per heavy atom. The molecule has 0 N–H and O–H groups in total. The van der Waals surface area contributed by atoms with Crippen molar-refractivity contribution in [2.45, 2.75) is 33.8 Å². The molecule has 1 aromatic carbocycles. The Morgan fingerprint density at radius 3 is 2.63 bits per heavy atom. The first-order chi connectivity index (χ1) is 14.4. The summed E-state index contributed by atoms with van der Waals surface area (Å²) in [5.74, 6) is 2.14. The molecule has 1 amide bonds. The van der Waals surface area contributed by atoms with E-state index >= 15 is 0 Å². The highest BCUT2D eigenvalue weighted by Crippen LogP contribution is 2.24. The van der Waals surface area contributed by atoms with E-state index in [2.05, 4.69) is 20.1 Å². The van der Waals surface area contributed by atoms with Crippen LogP contribution in [-0.2, 0) is 4.84 Å². The molecule has 9 nitrogen and oxygen atoms in total. The summed E-state index contributed by atoms with van der Waals surface area (Å²) in [5.41, 5.74) is 2.05. The second kappa shape index (κ2) is 8.19. The third-order valence-electron chi connectivity index (χ3n) is 4.78. The Bertz CT molecular complexity index is 1050. The number of hydrogen-bond acceptors (Lipinski definition) is 8. The molecule has 0 bridgehead atoms. The molecule has 4 rings (SSSR count). The van der Waals surface area contributed by atoms with Crippen molar-refractivity contribution in [3.8, 4) is 11.4 Å². The van der Waals surface area contributed by atoms with Crippen LogP contribution in [0.25, 0.3) is 11.4 Å². The topological polar surface area (TPSA) is 97.5 Å². The molecule has 1 saturated heterocycles. The van der Waals surface area contributed by atoms with E-state index in [-0.39, 0.29) is 12.0 Å². The summed E-state index contributed by atoms with van der Waals surface area (Å²) >= 11 is 0. The second-order valence-corrected chi connectivity index (χ2v) is 7.37. The number of carbonyl (C=O) groups excluding carboxylic acids is 1. The molecule has 1 atom stereocenters. The van der Waals surface area contributed by atoms with Crippen LogP contribution < -0.4 is 5.06 Å². The molecule has 1 aliphatic heterocycles. The standard InChI is InChI=1S/C21H24N6O3/c1-13-11-19(23-15(3)22-13)27-10-9-26(12-14(2)30-27)21(28)18-8-6-5-7-17(18)20-24-16(4)29-25-20/h5-8,11,14H,9-10,12H2,1-4H3/t14-/m0/s1. The lowest BCUT2D eigenvalue weighted by molar-refractivity contribution is 0.0423. The Hall–Kier alpha value is -3.33. The largest absolute Gasteiger partial charge is 0.339 e. The van der Waals surface area contributed by atoms with Crippen molar-refractivity contribution in [1.82, 2.24) is 25.0 Å². The molecule has 3 heterocycles. The van der Waals surface area contributed by atoms with Crippen LogP contribution >= 0.6 is 0 Å². The van der Waals surface area contributed by atoms with Crippen molar-refractivity contribution in [2.75, 3.05) is 24.7 Å². The normalized spacial score (nSPS) is 17.1. The van der Waals surface area contributed by atoms with Gasteiger partial charge in [0.25, 0.3) is 5.91 Å². The van der Waals surface area contributed by atoms with E-state index < -0.39 is 0 Å². The number of aryl methyl sites for hydroxylation is 3. The maximum atomic E-state index is 13.4. The SMILES string of the molecule is Cc1cc(N2CCN(C(=O)c3ccccc3-c3noc(C)n3)C[C@H](C)O2)nc(C)n1. The summed E-state index contributed by atoms with van der Waals surface area (Å²) in [6.07, 6.45) is -0.202. The van der Waals surface area contributed by atoms with E-state index in [9.17, 15) is 4.79 Å². The maximum Gasteiger partial charge on any atom is 0.254 e. The average molecular weight is 408 g/mol. The van der Waals surface area contributed by atoms with Crippen LogP contribution in [0.4, 0.5) is 5.82 Å². The van der Waals surface area contributed by atoms with Crippen LogP contribution in [0, 0.1) is 20.8 Å². The molecule has 0 radical (unpaired) electrons. The van der Waals surface area contributed by atoms with Crippen molar-refractivity contribution in [3.63, 3.8) is 0 Å². The van der Waals surface area contributed by atoms with Gasteiger partial charge < -0.3 is 9.42 Å². The van der Waals surface area contributed by atoms with Crippen molar-refractivity contribution >= 4 is 11.7 Å². The minimum atomic E-state index is -0.202. The Morgan fingerprint density at radius 1 is 1.10 bits per heavy atom. The molecular weight excluding hydrogens is 384 g/mol. The molecule has 0 aliphatic carbocycles. The van der Waals surface area contributed by atoms with Gasteiger partial charge in [-0.05, 0) is 26.8 Å². The highest BCUT2D eigenvalue weighted by Gasteiger charge is 2.28. The monoisotopic (exact) mass is 408 g/mol. The number of aromatic nitrogens is 4. The van der Waals surface area contributed by atoms with Gasteiger partial charge in [-0.15, -0.1) is 0 Å². The number of carbonyl (C=O) groups is 1. The Balaban J connectivity index is 1.58. The molecule has 1 fully saturated rings. The van der Waals surface area contributed by atoms with Crippen LogP contribution in [0.3, 0.4) is 0 Å². The van der Waals surface area contributed by atoms with E-state index in [1.54, 1.807) is 23.0 Å². The van der Waals surface area contributed by atoms with Crippen molar-refractivity contribution in [2.24, 2.45) is 0 Å². The van der Waals surface area contributed by atoms with Crippen LogP contribution in [-0.4, -0.2) is 56.7 Å². The van der Waals surface area contributed by atoms with E-state index in [0.29, 0.717) is 54.1 Å². The summed E-state index contributed by atoms with van der Waals surface area (Å²) in [7, 11) is 0. The first-order valence-corrected chi connectivity index (χ1v) is 9.86. The average Bonchev–Trinajstić information content (AvgIpc) is 3.04. The van der Waals surface area contributed by atoms with Crippen LogP contribution in [0.1, 0.15) is 34.7 Å². The van der Waals surface area contributed by atoms with Gasteiger partial charge in [0.05, 0.1) is 12.1 Å². The van der Waals surface area contributed by atoms with Gasteiger partial charge in [-0.3, -0.25) is 9.63 Å². The van der Waals surface area contributed by atoms with E-state index in [4.69, 9.17) is 9.36 Å². The van der Waals surface area contributed by atoms with Gasteiger partial charge in [0.15, 0.2) is 5.82 Å². The maximum absolute atomic E-state index is 13.4. The van der Waals surface area contributed by atoms with E-state index in [0.717, 1.165) is 5.69 Å². The fourth-order valence-corrected chi connectivity index (χ4v) is 3.54. The molecule has 156 valence electrons. The Labute approximate surface area is 174 Å². The number of hydrogen-bond donors (Lipinski definition) is 0. The zero-order chi connectivity index (χ0) is 21.3. The molecule has 1 aliphatic rings. The van der Waals surface area contributed by atoms with Crippen LogP contribution in [0.15, 0.2) is 34.9 Å². The molecule has 30 heavy (non-hydrogen) atoms. The quantitative estimate of drug-likeness (QED) is 0.653. The summed E-state index contributed by atoms with van der Waals surface area (Å²) in [6, 6.07) is 9.18. The number of nitrogens with zero attached hydrogens (tertiary/aromatic N) is 6. The van der Waals surface area contributed by atoms with Gasteiger partial charge in [0.1, 0.15) is 11.9 Å². The van der Waals surface area contributed by atoms with Gasteiger partial charge in [-0.1, -0.05) is 23.4 Å². The molecule has 0 unspecified atom stereocenters. The van der Waals surface area contributed by atoms with Gasteiger partial charge in [-0.25, -0.2) is 15.0 Å². The minimum absolute atomic E-state index is 0.0969. The minimum Gasteiger partial charge on any atom is -0.339 e. The lowest BCUT2D eigenvalue weighted by Gasteiger charge is -2.22. The third kappa shape index (κ3) is 4.16. The molecule has 0 spiro atoms. The van der Waals surface area contributed by atoms with Gasteiger partial charge in [0, 0.05) is 37.3 Å². The van der Waals surface area contributed by atoms with E-state index in [1.807, 2.05) is 45.0 Å². The second-order valence-electron chi connectivity index (χ2n) is 7.37. The molecule has 3 aromatic rings. The molecule has 9 heteroatoms. The summed E-state index contributed by atoms with van der Waals surface area (Å²) in [6.45, 7) is 8.88. The zero-order valence-corrected chi connectivity index (χ0v) is 17.5. The summed E-state index contributed by atoms with van der Waals surface area (Å²) < 4.78 is 5.09. The molecular formula is C21H24N6O3. The lowest BCUT2D eigenvalue weighted by atomic mass is 10.1. The first kappa shape index (κ1) is 20.0. The van der Waals surface area contributed by atoms with Crippen molar-refractivity contribution < 1.29 is 14.2 Å². The van der Waals surface area contributed by atoms with Crippen LogP contribution in [0.2, 0.25) is 0 Å². The van der Waals surface area contributed by atoms with Gasteiger partial charge in [-0.2, -0.15) is 4.98 Å². The summed E-state index contributed by atoms with van der Waals surface area (Å²) in [5, 5.41) is 5.72. The van der Waals surface area contributed by atoms with Gasteiger partial charge in [0.2, 0.25) is 11.7 Å². The first-order valence-electron chi connectivity index (χ1n) is 9.86. The van der Waals surface area contributed by atoms with Crippen molar-refractivity contribution in [1.29, 1.82) is 0 Å². The van der Waals surface area contributed by atoms with Crippen molar-refractivity contribution in [3.05, 3.63) is 53.3 Å². The molecule has 0 saturated carbocycles. The lowest BCUT2D eigenvalue weighted by Crippen LogP contribution is -2.37. The van der Waals surface area contributed by atoms with Crippen LogP contribution in [0.5, 0.6) is 0 Å². The predicted octanol–water partition coefficient (Wildman–Crippen LogP) is 2.73. The number of hydroxylamine groups is 1. The number of anilines is 1.